The van der Waals surface area contributed by atoms with E-state index in [1.165, 1.54) is 52.0 Å². The molecule has 24 heavy (non-hydrogen) atoms. The van der Waals surface area contributed by atoms with Gasteiger partial charge in [-0.25, -0.2) is 0 Å². The standard InChI is InChI=1S/C18H36N2OS.2ClH/c1-5-19-6-8-20(9-7-19)13-17(22)14-21-16-10-15(2)11-18(3,4)12-16;;/h15-17,22H,5-14H2,1-4H3;2*1H. The number of hydrogen-bond acceptors (Lipinski definition) is 4. The van der Waals surface area contributed by atoms with Crippen molar-refractivity contribution in [1.29, 1.82) is 0 Å². The number of halogens is 2. The van der Waals surface area contributed by atoms with E-state index < -0.39 is 0 Å². The van der Waals surface area contributed by atoms with Crippen LogP contribution in [-0.4, -0.2) is 67.0 Å². The van der Waals surface area contributed by atoms with Crippen molar-refractivity contribution < 1.29 is 4.74 Å². The van der Waals surface area contributed by atoms with Gasteiger partial charge in [0.1, 0.15) is 0 Å². The van der Waals surface area contributed by atoms with E-state index in [1.807, 2.05) is 0 Å². The van der Waals surface area contributed by atoms with Gasteiger partial charge in [0.05, 0.1) is 12.7 Å². The molecular weight excluding hydrogens is 363 g/mol. The van der Waals surface area contributed by atoms with Gasteiger partial charge in [-0.15, -0.1) is 24.8 Å². The molecule has 3 atom stereocenters. The van der Waals surface area contributed by atoms with Gasteiger partial charge in [-0.05, 0) is 37.1 Å². The van der Waals surface area contributed by atoms with Crippen LogP contribution < -0.4 is 0 Å². The van der Waals surface area contributed by atoms with Crippen molar-refractivity contribution in [2.24, 2.45) is 11.3 Å². The van der Waals surface area contributed by atoms with Crippen molar-refractivity contribution in [2.45, 2.75) is 58.3 Å². The minimum Gasteiger partial charge on any atom is -0.377 e. The zero-order valence-corrected chi connectivity index (χ0v) is 18.4. The SMILES string of the molecule is CCN1CCN(CC(S)COC2CC(C)CC(C)(C)C2)CC1.Cl.Cl. The van der Waals surface area contributed by atoms with Gasteiger partial charge >= 0.3 is 0 Å². The monoisotopic (exact) mass is 400 g/mol. The molecule has 6 heteroatoms. The minimum absolute atomic E-state index is 0. The van der Waals surface area contributed by atoms with Crippen LogP contribution in [0.2, 0.25) is 0 Å². The lowest BCUT2D eigenvalue weighted by molar-refractivity contribution is -0.0243. The summed E-state index contributed by atoms with van der Waals surface area (Å²) in [6.07, 6.45) is 4.19. The zero-order valence-electron chi connectivity index (χ0n) is 15.9. The molecule has 146 valence electrons. The topological polar surface area (TPSA) is 15.7 Å². The van der Waals surface area contributed by atoms with Gasteiger partial charge in [0, 0.05) is 38.0 Å². The Morgan fingerprint density at radius 1 is 1.08 bits per heavy atom. The highest BCUT2D eigenvalue weighted by Gasteiger charge is 2.32. The van der Waals surface area contributed by atoms with Crippen molar-refractivity contribution in [1.82, 2.24) is 9.80 Å². The fourth-order valence-corrected chi connectivity index (χ4v) is 4.59. The van der Waals surface area contributed by atoms with Gasteiger partial charge in [-0.2, -0.15) is 12.6 Å². The summed E-state index contributed by atoms with van der Waals surface area (Å²) in [4.78, 5) is 5.06. The third-order valence-electron chi connectivity index (χ3n) is 5.25. The number of hydrogen-bond donors (Lipinski definition) is 1. The van der Waals surface area contributed by atoms with Crippen molar-refractivity contribution in [2.75, 3.05) is 45.9 Å². The number of ether oxygens (including phenoxy) is 1. The molecule has 2 rings (SSSR count). The largest absolute Gasteiger partial charge is 0.377 e. The van der Waals surface area contributed by atoms with Crippen LogP contribution in [0.1, 0.15) is 47.0 Å². The average Bonchev–Trinajstić information content (AvgIpc) is 2.44. The fraction of sp³-hybridized carbons (Fsp3) is 1.00. The molecule has 3 nitrogen and oxygen atoms in total. The first-order chi connectivity index (χ1) is 10.4. The molecule has 0 N–H and O–H groups in total. The first kappa shape index (κ1) is 24.8. The second-order valence-corrected chi connectivity index (χ2v) is 8.99. The van der Waals surface area contributed by atoms with Crippen molar-refractivity contribution in [3.8, 4) is 0 Å². The second kappa shape index (κ2) is 11.5. The number of nitrogens with zero attached hydrogens (tertiary/aromatic N) is 2. The van der Waals surface area contributed by atoms with Crippen molar-refractivity contribution in [3.63, 3.8) is 0 Å². The highest BCUT2D eigenvalue weighted by molar-refractivity contribution is 7.81. The Balaban J connectivity index is 0.00000264. The third-order valence-corrected chi connectivity index (χ3v) is 5.56. The summed E-state index contributed by atoms with van der Waals surface area (Å²) < 4.78 is 6.22. The summed E-state index contributed by atoms with van der Waals surface area (Å²) >= 11 is 4.77. The van der Waals surface area contributed by atoms with Gasteiger partial charge in [0.15, 0.2) is 0 Å². The van der Waals surface area contributed by atoms with Crippen LogP contribution in [0.15, 0.2) is 0 Å². The van der Waals surface area contributed by atoms with Gasteiger partial charge in [0.2, 0.25) is 0 Å². The summed E-state index contributed by atoms with van der Waals surface area (Å²) in [5.74, 6) is 0.786. The lowest BCUT2D eigenvalue weighted by atomic mass is 9.71. The summed E-state index contributed by atoms with van der Waals surface area (Å²) in [5, 5.41) is 0.341. The predicted molar refractivity (Wildman–Crippen MR) is 112 cm³/mol. The smallest absolute Gasteiger partial charge is 0.0598 e. The van der Waals surface area contributed by atoms with E-state index in [1.54, 1.807) is 0 Å². The number of likely N-dealkylation sites (N-methyl/N-ethyl adjacent to an activating group) is 1. The van der Waals surface area contributed by atoms with Gasteiger partial charge in [0.25, 0.3) is 0 Å². The van der Waals surface area contributed by atoms with Crippen LogP contribution in [0, 0.1) is 11.3 Å². The Bertz CT molecular complexity index is 339. The molecule has 0 aromatic carbocycles. The molecule has 0 bridgehead atoms. The van der Waals surface area contributed by atoms with E-state index in [4.69, 9.17) is 17.4 Å². The average molecular weight is 401 g/mol. The third kappa shape index (κ3) is 8.46. The Kier molecular flexibility index (Phi) is 11.9. The number of piperazine rings is 1. The Hall–Kier alpha value is 0.810. The summed E-state index contributed by atoms with van der Waals surface area (Å²) in [5.41, 5.74) is 0.435. The first-order valence-corrected chi connectivity index (χ1v) is 9.64. The maximum absolute atomic E-state index is 6.22. The summed E-state index contributed by atoms with van der Waals surface area (Å²) in [7, 11) is 0. The normalized spacial score (nSPS) is 29.4. The molecule has 0 aromatic rings. The zero-order chi connectivity index (χ0) is 16.2. The van der Waals surface area contributed by atoms with Gasteiger partial charge in [-0.1, -0.05) is 27.7 Å². The van der Waals surface area contributed by atoms with Crippen molar-refractivity contribution >= 4 is 37.4 Å². The Morgan fingerprint density at radius 2 is 1.67 bits per heavy atom. The first-order valence-electron chi connectivity index (χ1n) is 9.12. The number of thiol groups is 1. The van der Waals surface area contributed by atoms with Crippen LogP contribution in [0.5, 0.6) is 0 Å². The molecule has 0 radical (unpaired) electrons. The van der Waals surface area contributed by atoms with Gasteiger partial charge < -0.3 is 9.64 Å². The maximum atomic E-state index is 6.22. The van der Waals surface area contributed by atoms with E-state index in [-0.39, 0.29) is 24.8 Å². The fourth-order valence-electron chi connectivity index (χ4n) is 4.27. The summed E-state index contributed by atoms with van der Waals surface area (Å²) in [6, 6.07) is 0. The predicted octanol–water partition coefficient (Wildman–Crippen LogP) is 4.00. The minimum atomic E-state index is 0. The van der Waals surface area contributed by atoms with E-state index in [0.29, 0.717) is 16.8 Å². The highest BCUT2D eigenvalue weighted by Crippen LogP contribution is 2.39. The maximum Gasteiger partial charge on any atom is 0.0598 e. The molecule has 3 unspecified atom stereocenters. The lowest BCUT2D eigenvalue weighted by Crippen LogP contribution is -2.48. The van der Waals surface area contributed by atoms with Crippen LogP contribution in [0.25, 0.3) is 0 Å². The summed E-state index contributed by atoms with van der Waals surface area (Å²) in [6.45, 7) is 17.2. The molecule has 1 aliphatic carbocycles. The van der Waals surface area contributed by atoms with E-state index in [0.717, 1.165) is 19.1 Å². The number of rotatable bonds is 6. The molecule has 0 amide bonds. The van der Waals surface area contributed by atoms with Crippen molar-refractivity contribution in [3.05, 3.63) is 0 Å². The van der Waals surface area contributed by atoms with Crippen LogP contribution in [0.3, 0.4) is 0 Å². The van der Waals surface area contributed by atoms with Crippen LogP contribution >= 0.6 is 37.4 Å². The van der Waals surface area contributed by atoms with Crippen LogP contribution in [-0.2, 0) is 4.74 Å². The quantitative estimate of drug-likeness (QED) is 0.678. The Morgan fingerprint density at radius 3 is 2.21 bits per heavy atom. The molecule has 2 fully saturated rings. The molecule has 0 aromatic heterocycles. The molecule has 2 aliphatic rings. The molecule has 1 saturated heterocycles. The molecular formula is C18H38Cl2N2OS. The second-order valence-electron chi connectivity index (χ2n) is 8.26. The molecule has 1 saturated carbocycles. The molecule has 0 spiro atoms. The van der Waals surface area contributed by atoms with Crippen LogP contribution in [0.4, 0.5) is 0 Å². The highest BCUT2D eigenvalue weighted by atomic mass is 35.5. The van der Waals surface area contributed by atoms with E-state index >= 15 is 0 Å². The molecule has 1 aliphatic heterocycles. The van der Waals surface area contributed by atoms with E-state index in [9.17, 15) is 0 Å². The lowest BCUT2D eigenvalue weighted by Gasteiger charge is -2.39. The van der Waals surface area contributed by atoms with E-state index in [2.05, 4.69) is 37.5 Å². The van der Waals surface area contributed by atoms with Gasteiger partial charge in [-0.3, -0.25) is 4.90 Å². The Labute approximate surface area is 167 Å². The molecule has 1 heterocycles.